The maximum atomic E-state index is 4.58. The molecule has 0 aliphatic heterocycles. The molecule has 0 fully saturated rings. The van der Waals surface area contributed by atoms with Crippen LogP contribution in [0.5, 0.6) is 0 Å². The molecule has 0 saturated heterocycles. The number of hydrogen-bond acceptors (Lipinski definition) is 4. The van der Waals surface area contributed by atoms with E-state index in [0.29, 0.717) is 6.54 Å². The van der Waals surface area contributed by atoms with E-state index in [1.54, 1.807) is 0 Å². The van der Waals surface area contributed by atoms with Gasteiger partial charge < -0.3 is 5.32 Å². The summed E-state index contributed by atoms with van der Waals surface area (Å²) in [6.07, 6.45) is 3.10. The molecule has 0 amide bonds. The minimum atomic E-state index is 0.641. The number of para-hydroxylation sites is 1. The number of fused-ring (bicyclic) bond motifs is 1. The van der Waals surface area contributed by atoms with Gasteiger partial charge in [-0.25, -0.2) is 4.68 Å². The molecule has 0 radical (unpaired) electrons. The Bertz CT molecular complexity index is 727. The van der Waals surface area contributed by atoms with Crippen LogP contribution in [0.15, 0.2) is 30.5 Å². The second-order valence-corrected chi connectivity index (χ2v) is 5.17. The van der Waals surface area contributed by atoms with Gasteiger partial charge in [-0.15, -0.1) is 5.10 Å². The van der Waals surface area contributed by atoms with Crippen LogP contribution in [0.2, 0.25) is 0 Å². The van der Waals surface area contributed by atoms with E-state index < -0.39 is 0 Å². The van der Waals surface area contributed by atoms with E-state index in [1.165, 1.54) is 5.39 Å². The summed E-state index contributed by atoms with van der Waals surface area (Å²) in [6, 6.07) is 8.24. The summed E-state index contributed by atoms with van der Waals surface area (Å²) in [7, 11) is 1.97. The highest BCUT2D eigenvalue weighted by atomic mass is 15.4. The third-order valence-electron chi connectivity index (χ3n) is 3.47. The van der Waals surface area contributed by atoms with Crippen molar-refractivity contribution in [1.82, 2.24) is 30.1 Å². The highest BCUT2D eigenvalue weighted by Crippen LogP contribution is 2.18. The fraction of sp³-hybridized carbons (Fsp3) is 0.400. The van der Waals surface area contributed by atoms with Gasteiger partial charge in [0.1, 0.15) is 0 Å². The highest BCUT2D eigenvalue weighted by Gasteiger charge is 2.09. The summed E-state index contributed by atoms with van der Waals surface area (Å²) in [5.74, 6) is 0. The van der Waals surface area contributed by atoms with Crippen molar-refractivity contribution in [1.29, 1.82) is 0 Å². The molecule has 1 aromatic carbocycles. The third-order valence-corrected chi connectivity index (χ3v) is 3.47. The van der Waals surface area contributed by atoms with Crippen molar-refractivity contribution in [2.45, 2.75) is 26.4 Å². The number of nitrogens with one attached hydrogen (secondary N) is 1. The maximum absolute atomic E-state index is 4.58. The van der Waals surface area contributed by atoms with E-state index in [4.69, 9.17) is 0 Å². The van der Waals surface area contributed by atoms with Crippen LogP contribution in [0.1, 0.15) is 24.7 Å². The second kappa shape index (κ2) is 6.05. The molecule has 3 rings (SSSR count). The van der Waals surface area contributed by atoms with Crippen LogP contribution in [0.3, 0.4) is 0 Å². The second-order valence-electron chi connectivity index (χ2n) is 5.17. The summed E-state index contributed by atoms with van der Waals surface area (Å²) >= 11 is 0. The lowest BCUT2D eigenvalue weighted by atomic mass is 10.2. The van der Waals surface area contributed by atoms with Gasteiger partial charge in [-0.2, -0.15) is 5.10 Å². The van der Waals surface area contributed by atoms with Gasteiger partial charge in [0.15, 0.2) is 0 Å². The van der Waals surface area contributed by atoms with Gasteiger partial charge in [-0.3, -0.25) is 4.68 Å². The number of aromatic nitrogens is 5. The topological polar surface area (TPSA) is 60.6 Å². The van der Waals surface area contributed by atoms with Crippen LogP contribution in [-0.4, -0.2) is 31.3 Å². The Balaban J connectivity index is 1.76. The van der Waals surface area contributed by atoms with E-state index in [9.17, 15) is 0 Å². The highest BCUT2D eigenvalue weighted by molar-refractivity contribution is 5.81. The molecule has 6 nitrogen and oxygen atoms in total. The quantitative estimate of drug-likeness (QED) is 0.700. The van der Waals surface area contributed by atoms with Crippen molar-refractivity contribution >= 4 is 10.9 Å². The zero-order valence-corrected chi connectivity index (χ0v) is 12.5. The van der Waals surface area contributed by atoms with Gasteiger partial charge in [0.25, 0.3) is 0 Å². The van der Waals surface area contributed by atoms with Crippen LogP contribution < -0.4 is 5.32 Å². The molecule has 3 aromatic rings. The number of rotatable bonds is 6. The molecule has 0 atom stereocenters. The predicted octanol–water partition coefficient (Wildman–Crippen LogP) is 1.71. The lowest BCUT2D eigenvalue weighted by Gasteiger charge is -1.98. The first kappa shape index (κ1) is 13.8. The van der Waals surface area contributed by atoms with Crippen molar-refractivity contribution in [3.05, 3.63) is 41.9 Å². The predicted molar refractivity (Wildman–Crippen MR) is 81.8 cm³/mol. The number of benzene rings is 1. The van der Waals surface area contributed by atoms with Gasteiger partial charge in [0, 0.05) is 19.0 Å². The van der Waals surface area contributed by atoms with Crippen LogP contribution in [-0.2, 0) is 20.1 Å². The first-order valence-corrected chi connectivity index (χ1v) is 7.28. The Hall–Kier alpha value is -2.21. The molecule has 21 heavy (non-hydrogen) atoms. The van der Waals surface area contributed by atoms with Crippen molar-refractivity contribution in [3.63, 3.8) is 0 Å². The van der Waals surface area contributed by atoms with E-state index in [2.05, 4.69) is 39.8 Å². The largest absolute Gasteiger partial charge is 0.311 e. The minimum absolute atomic E-state index is 0.641. The van der Waals surface area contributed by atoms with Gasteiger partial charge in [0.2, 0.25) is 0 Å². The van der Waals surface area contributed by atoms with E-state index in [0.717, 1.165) is 36.4 Å². The standard InChI is InChI=1S/C15H20N6/c1-3-8-16-9-12-10-21(19-17-12)11-14-13-6-4-5-7-15(13)20(2)18-14/h4-7,10,16H,3,8-9,11H2,1-2H3. The van der Waals surface area contributed by atoms with Crippen LogP contribution >= 0.6 is 0 Å². The van der Waals surface area contributed by atoms with Crippen molar-refractivity contribution in [2.24, 2.45) is 7.05 Å². The molecule has 0 spiro atoms. The number of hydrogen-bond donors (Lipinski definition) is 1. The van der Waals surface area contributed by atoms with Crippen molar-refractivity contribution < 1.29 is 0 Å². The first-order chi connectivity index (χ1) is 10.3. The van der Waals surface area contributed by atoms with E-state index >= 15 is 0 Å². The number of nitrogens with zero attached hydrogens (tertiary/aromatic N) is 5. The van der Waals surface area contributed by atoms with E-state index in [1.807, 2.05) is 34.7 Å². The Labute approximate surface area is 123 Å². The Morgan fingerprint density at radius 3 is 2.95 bits per heavy atom. The summed E-state index contributed by atoms with van der Waals surface area (Å²) < 4.78 is 3.75. The molecule has 1 N–H and O–H groups in total. The molecule has 0 aliphatic rings. The van der Waals surface area contributed by atoms with Gasteiger partial charge in [-0.1, -0.05) is 30.3 Å². The fourth-order valence-electron chi connectivity index (χ4n) is 2.45. The van der Waals surface area contributed by atoms with Crippen molar-refractivity contribution in [3.8, 4) is 0 Å². The Morgan fingerprint density at radius 2 is 2.10 bits per heavy atom. The molecule has 0 aliphatic carbocycles. The molecule has 110 valence electrons. The number of aryl methyl sites for hydroxylation is 1. The minimum Gasteiger partial charge on any atom is -0.311 e. The van der Waals surface area contributed by atoms with Crippen molar-refractivity contribution in [2.75, 3.05) is 6.54 Å². The smallest absolute Gasteiger partial charge is 0.0964 e. The summed E-state index contributed by atoms with van der Waals surface area (Å²) in [4.78, 5) is 0. The van der Waals surface area contributed by atoms with Gasteiger partial charge >= 0.3 is 0 Å². The lowest BCUT2D eigenvalue weighted by molar-refractivity contribution is 0.626. The van der Waals surface area contributed by atoms with Crippen LogP contribution in [0, 0.1) is 0 Å². The van der Waals surface area contributed by atoms with Gasteiger partial charge in [-0.05, 0) is 19.0 Å². The molecule has 0 saturated carbocycles. The zero-order valence-electron chi connectivity index (χ0n) is 12.5. The third kappa shape index (κ3) is 2.95. The normalized spacial score (nSPS) is 11.3. The molecular weight excluding hydrogens is 264 g/mol. The maximum Gasteiger partial charge on any atom is 0.0964 e. The Kier molecular flexibility index (Phi) is 3.96. The Morgan fingerprint density at radius 1 is 1.24 bits per heavy atom. The molecular formula is C15H20N6. The summed E-state index contributed by atoms with van der Waals surface area (Å²) in [6.45, 7) is 4.55. The molecule has 6 heteroatoms. The zero-order chi connectivity index (χ0) is 14.7. The summed E-state index contributed by atoms with van der Waals surface area (Å²) in [5.41, 5.74) is 3.12. The van der Waals surface area contributed by atoms with Crippen LogP contribution in [0.4, 0.5) is 0 Å². The summed E-state index contributed by atoms with van der Waals surface area (Å²) in [5, 5.41) is 17.4. The van der Waals surface area contributed by atoms with E-state index in [-0.39, 0.29) is 0 Å². The molecule has 0 unspecified atom stereocenters. The average Bonchev–Trinajstić information content (AvgIpc) is 3.06. The fourth-order valence-corrected chi connectivity index (χ4v) is 2.45. The lowest BCUT2D eigenvalue weighted by Crippen LogP contribution is -2.13. The monoisotopic (exact) mass is 284 g/mol. The average molecular weight is 284 g/mol. The van der Waals surface area contributed by atoms with Crippen LogP contribution in [0.25, 0.3) is 10.9 Å². The molecule has 0 bridgehead atoms. The van der Waals surface area contributed by atoms with Gasteiger partial charge in [0.05, 0.1) is 29.6 Å². The SMILES string of the molecule is CCCNCc1cn(Cc2nn(C)c3ccccc23)nn1. The molecule has 2 heterocycles. The molecule has 2 aromatic heterocycles. The first-order valence-electron chi connectivity index (χ1n) is 7.28.